The molecule has 0 radical (unpaired) electrons. The molecule has 0 fully saturated rings. The van der Waals surface area contributed by atoms with Gasteiger partial charge in [0.1, 0.15) is 11.4 Å². The Balaban J connectivity index is 2.09. The maximum absolute atomic E-state index is 10.6. The fourth-order valence-corrected chi connectivity index (χ4v) is 2.09. The Bertz CT molecular complexity index is 442. The quantitative estimate of drug-likeness (QED) is 0.367. The molecule has 2 heteroatoms. The van der Waals surface area contributed by atoms with Gasteiger partial charge in [-0.15, -0.1) is 0 Å². The van der Waals surface area contributed by atoms with Crippen LogP contribution < -0.4 is 0 Å². The molecule has 20 heavy (non-hydrogen) atoms. The SMILES string of the molecule is CCCCCCCCCCC#Cc1cccc(C=O)n1. The molecule has 0 aromatic carbocycles. The van der Waals surface area contributed by atoms with Crippen molar-refractivity contribution < 1.29 is 4.79 Å². The highest BCUT2D eigenvalue weighted by atomic mass is 16.1. The van der Waals surface area contributed by atoms with Crippen molar-refractivity contribution in [1.29, 1.82) is 0 Å². The number of unbranched alkanes of at least 4 members (excludes halogenated alkanes) is 8. The Morgan fingerprint density at radius 1 is 1.05 bits per heavy atom. The molecule has 1 aromatic rings. The van der Waals surface area contributed by atoms with E-state index in [2.05, 4.69) is 23.7 Å². The smallest absolute Gasteiger partial charge is 0.168 e. The van der Waals surface area contributed by atoms with Crippen molar-refractivity contribution in [2.45, 2.75) is 64.7 Å². The number of hydrogen-bond donors (Lipinski definition) is 0. The first-order valence-corrected chi connectivity index (χ1v) is 7.78. The Labute approximate surface area is 123 Å². The van der Waals surface area contributed by atoms with Crippen LogP contribution in [-0.4, -0.2) is 11.3 Å². The summed E-state index contributed by atoms with van der Waals surface area (Å²) in [6.07, 6.45) is 12.2. The van der Waals surface area contributed by atoms with Crippen molar-refractivity contribution in [1.82, 2.24) is 4.98 Å². The fourth-order valence-electron chi connectivity index (χ4n) is 2.09. The topological polar surface area (TPSA) is 30.0 Å². The zero-order chi connectivity index (χ0) is 14.5. The summed E-state index contributed by atoms with van der Waals surface area (Å²) in [6, 6.07) is 5.35. The summed E-state index contributed by atoms with van der Waals surface area (Å²) in [5.41, 5.74) is 1.14. The highest BCUT2D eigenvalue weighted by Crippen LogP contribution is 2.09. The van der Waals surface area contributed by atoms with Crippen molar-refractivity contribution in [3.05, 3.63) is 29.6 Å². The fraction of sp³-hybridized carbons (Fsp3) is 0.556. The lowest BCUT2D eigenvalue weighted by molar-refractivity contribution is 0.111. The van der Waals surface area contributed by atoms with Crippen LogP contribution in [-0.2, 0) is 0 Å². The summed E-state index contributed by atoms with van der Waals surface area (Å²) in [4.78, 5) is 14.7. The number of hydrogen-bond acceptors (Lipinski definition) is 2. The molecule has 0 saturated carbocycles. The van der Waals surface area contributed by atoms with Crippen LogP contribution in [0.5, 0.6) is 0 Å². The molecule has 0 amide bonds. The third kappa shape index (κ3) is 7.74. The third-order valence-electron chi connectivity index (χ3n) is 3.26. The summed E-state index contributed by atoms with van der Waals surface area (Å²) >= 11 is 0. The van der Waals surface area contributed by atoms with Gasteiger partial charge in [0.15, 0.2) is 6.29 Å². The van der Waals surface area contributed by atoms with Crippen LogP contribution in [0, 0.1) is 11.8 Å². The van der Waals surface area contributed by atoms with E-state index >= 15 is 0 Å². The molecule has 0 bridgehead atoms. The second-order valence-corrected chi connectivity index (χ2v) is 5.09. The lowest BCUT2D eigenvalue weighted by Crippen LogP contribution is -1.88. The minimum atomic E-state index is 0.448. The Morgan fingerprint density at radius 3 is 2.45 bits per heavy atom. The van der Waals surface area contributed by atoms with Gasteiger partial charge in [0.25, 0.3) is 0 Å². The van der Waals surface area contributed by atoms with Gasteiger partial charge in [0.2, 0.25) is 0 Å². The van der Waals surface area contributed by atoms with Crippen LogP contribution in [0.2, 0.25) is 0 Å². The van der Waals surface area contributed by atoms with Gasteiger partial charge in [0, 0.05) is 6.42 Å². The van der Waals surface area contributed by atoms with Gasteiger partial charge >= 0.3 is 0 Å². The molecular weight excluding hydrogens is 246 g/mol. The minimum Gasteiger partial charge on any atom is -0.296 e. The molecule has 1 heterocycles. The second-order valence-electron chi connectivity index (χ2n) is 5.09. The Morgan fingerprint density at radius 2 is 1.75 bits per heavy atom. The summed E-state index contributed by atoms with van der Waals surface area (Å²) in [5.74, 6) is 6.15. The Hall–Kier alpha value is -1.62. The van der Waals surface area contributed by atoms with Gasteiger partial charge in [0.05, 0.1) is 0 Å². The van der Waals surface area contributed by atoms with Gasteiger partial charge in [-0.25, -0.2) is 4.98 Å². The van der Waals surface area contributed by atoms with E-state index in [1.165, 1.54) is 44.9 Å². The van der Waals surface area contributed by atoms with Gasteiger partial charge in [-0.1, -0.05) is 63.9 Å². The number of aldehydes is 1. The standard InChI is InChI=1S/C18H25NO/c1-2-3-4-5-6-7-8-9-10-11-13-17-14-12-15-18(16-20)19-17/h12,14-16H,2-10H2,1H3. The predicted octanol–water partition coefficient (Wildman–Crippen LogP) is 4.78. The monoisotopic (exact) mass is 271 g/mol. The van der Waals surface area contributed by atoms with Crippen LogP contribution in [0.1, 0.15) is 80.9 Å². The van der Waals surface area contributed by atoms with E-state index in [0.29, 0.717) is 11.4 Å². The van der Waals surface area contributed by atoms with E-state index in [4.69, 9.17) is 0 Å². The molecule has 0 spiro atoms. The first kappa shape index (κ1) is 16.4. The van der Waals surface area contributed by atoms with E-state index in [1.54, 1.807) is 6.07 Å². The number of carbonyl (C=O) groups is 1. The normalized spacial score (nSPS) is 9.85. The molecule has 1 aromatic heterocycles. The van der Waals surface area contributed by atoms with E-state index in [-0.39, 0.29) is 0 Å². The highest BCUT2D eigenvalue weighted by molar-refractivity contribution is 5.71. The van der Waals surface area contributed by atoms with Crippen LogP contribution in [0.25, 0.3) is 0 Å². The molecule has 2 nitrogen and oxygen atoms in total. The molecule has 0 unspecified atom stereocenters. The molecule has 0 aliphatic rings. The van der Waals surface area contributed by atoms with Crippen molar-refractivity contribution in [2.75, 3.05) is 0 Å². The summed E-state index contributed by atoms with van der Waals surface area (Å²) < 4.78 is 0. The lowest BCUT2D eigenvalue weighted by Gasteiger charge is -1.99. The van der Waals surface area contributed by atoms with Crippen molar-refractivity contribution in [2.24, 2.45) is 0 Å². The first-order valence-electron chi connectivity index (χ1n) is 7.78. The number of rotatable bonds is 9. The molecular formula is C18H25NO. The summed E-state index contributed by atoms with van der Waals surface area (Å²) in [7, 11) is 0. The number of carbonyl (C=O) groups excluding carboxylic acids is 1. The van der Waals surface area contributed by atoms with Crippen LogP contribution >= 0.6 is 0 Å². The number of aromatic nitrogens is 1. The van der Waals surface area contributed by atoms with E-state index in [1.807, 2.05) is 12.1 Å². The molecule has 0 atom stereocenters. The van der Waals surface area contributed by atoms with E-state index in [0.717, 1.165) is 19.1 Å². The molecule has 0 aliphatic heterocycles. The van der Waals surface area contributed by atoms with Gasteiger partial charge in [-0.3, -0.25) is 4.79 Å². The summed E-state index contributed by atoms with van der Waals surface area (Å²) in [5, 5.41) is 0. The van der Waals surface area contributed by atoms with Gasteiger partial charge < -0.3 is 0 Å². The average molecular weight is 271 g/mol. The lowest BCUT2D eigenvalue weighted by atomic mass is 10.1. The third-order valence-corrected chi connectivity index (χ3v) is 3.26. The van der Waals surface area contributed by atoms with Crippen LogP contribution in [0.4, 0.5) is 0 Å². The van der Waals surface area contributed by atoms with E-state index in [9.17, 15) is 4.79 Å². The minimum absolute atomic E-state index is 0.448. The zero-order valence-corrected chi connectivity index (χ0v) is 12.5. The maximum Gasteiger partial charge on any atom is 0.168 e. The Kier molecular flexibility index (Phi) is 9.23. The van der Waals surface area contributed by atoms with Gasteiger partial charge in [-0.2, -0.15) is 0 Å². The largest absolute Gasteiger partial charge is 0.296 e. The predicted molar refractivity (Wildman–Crippen MR) is 83.7 cm³/mol. The highest BCUT2D eigenvalue weighted by Gasteiger charge is 1.92. The summed E-state index contributed by atoms with van der Waals surface area (Å²) in [6.45, 7) is 2.25. The maximum atomic E-state index is 10.6. The van der Waals surface area contributed by atoms with Gasteiger partial charge in [-0.05, 0) is 24.5 Å². The molecule has 0 aliphatic carbocycles. The van der Waals surface area contributed by atoms with Crippen LogP contribution in [0.15, 0.2) is 18.2 Å². The second kappa shape index (κ2) is 11.2. The van der Waals surface area contributed by atoms with E-state index < -0.39 is 0 Å². The van der Waals surface area contributed by atoms with Crippen molar-refractivity contribution in [3.8, 4) is 11.8 Å². The average Bonchev–Trinajstić information content (AvgIpc) is 2.49. The first-order chi connectivity index (χ1) is 9.86. The number of nitrogens with zero attached hydrogens (tertiary/aromatic N) is 1. The molecule has 1 rings (SSSR count). The number of pyridine rings is 1. The zero-order valence-electron chi connectivity index (χ0n) is 12.5. The molecule has 0 N–H and O–H groups in total. The van der Waals surface area contributed by atoms with Crippen molar-refractivity contribution in [3.63, 3.8) is 0 Å². The molecule has 0 saturated heterocycles. The van der Waals surface area contributed by atoms with Crippen molar-refractivity contribution >= 4 is 6.29 Å². The van der Waals surface area contributed by atoms with Crippen LogP contribution in [0.3, 0.4) is 0 Å². The molecule has 108 valence electrons.